The first-order valence-corrected chi connectivity index (χ1v) is 9.30. The molecule has 0 aliphatic heterocycles. The molecule has 2 amide bonds. The van der Waals surface area contributed by atoms with Crippen molar-refractivity contribution < 1.29 is 27.5 Å². The molecule has 10 nitrogen and oxygen atoms in total. The number of hydrogen-bond acceptors (Lipinski definition) is 9. The summed E-state index contributed by atoms with van der Waals surface area (Å²) in [7, 11) is 3.43. The maximum atomic E-state index is 12.5. The van der Waals surface area contributed by atoms with Gasteiger partial charge in [-0.25, -0.2) is 15.0 Å². The Morgan fingerprint density at radius 1 is 1.06 bits per heavy atom. The molecule has 0 aliphatic rings. The molecular weight excluding hydrogens is 439 g/mol. The molecule has 0 radical (unpaired) electrons. The first-order chi connectivity index (χ1) is 14.6. The van der Waals surface area contributed by atoms with Crippen molar-refractivity contribution in [3.8, 4) is 5.75 Å². The molecule has 31 heavy (non-hydrogen) atoms. The second-order valence-electron chi connectivity index (χ2n) is 5.99. The molecule has 0 fully saturated rings. The van der Waals surface area contributed by atoms with Crippen molar-refractivity contribution in [2.75, 3.05) is 29.6 Å². The van der Waals surface area contributed by atoms with Crippen LogP contribution >= 0.6 is 11.3 Å². The van der Waals surface area contributed by atoms with Gasteiger partial charge in [-0.2, -0.15) is 4.98 Å². The molecule has 3 rings (SSSR count). The number of anilines is 3. The van der Waals surface area contributed by atoms with Gasteiger partial charge in [0, 0.05) is 19.5 Å². The van der Waals surface area contributed by atoms with Crippen LogP contribution in [0.4, 0.5) is 30.2 Å². The molecule has 0 atom stereocenters. The minimum absolute atomic E-state index is 0.000474. The normalized spacial score (nSPS) is 11.0. The number of amides is 2. The van der Waals surface area contributed by atoms with Gasteiger partial charge in [-0.15, -0.1) is 24.5 Å². The molecule has 162 valence electrons. The number of aromatic nitrogens is 4. The lowest BCUT2D eigenvalue weighted by atomic mass is 10.2. The number of halogens is 3. The highest BCUT2D eigenvalue weighted by molar-refractivity contribution is 7.14. The fourth-order valence-corrected chi connectivity index (χ4v) is 2.88. The molecule has 0 saturated heterocycles. The van der Waals surface area contributed by atoms with E-state index in [1.807, 2.05) is 0 Å². The van der Waals surface area contributed by atoms with Crippen LogP contribution in [0, 0.1) is 0 Å². The van der Waals surface area contributed by atoms with E-state index in [1.165, 1.54) is 29.9 Å². The number of carbonyl (C=O) groups is 2. The zero-order chi connectivity index (χ0) is 22.6. The van der Waals surface area contributed by atoms with Gasteiger partial charge < -0.3 is 9.64 Å². The van der Waals surface area contributed by atoms with Gasteiger partial charge in [-0.05, 0) is 12.1 Å². The van der Waals surface area contributed by atoms with Crippen molar-refractivity contribution in [1.82, 2.24) is 19.9 Å². The summed E-state index contributed by atoms with van der Waals surface area (Å²) >= 11 is 0.910. The van der Waals surface area contributed by atoms with Crippen LogP contribution in [0.3, 0.4) is 0 Å². The summed E-state index contributed by atoms with van der Waals surface area (Å²) in [6.45, 7) is 0. The monoisotopic (exact) mass is 453 g/mol. The number of carbonyl (C=O) groups excluding carboxylic acids is 2. The van der Waals surface area contributed by atoms with E-state index < -0.39 is 23.9 Å². The van der Waals surface area contributed by atoms with E-state index >= 15 is 0 Å². The average Bonchev–Trinajstić information content (AvgIpc) is 3.16. The van der Waals surface area contributed by atoms with Gasteiger partial charge in [-0.1, -0.05) is 12.1 Å². The maximum Gasteiger partial charge on any atom is 0.573 e. The van der Waals surface area contributed by atoms with E-state index in [-0.39, 0.29) is 22.3 Å². The highest BCUT2D eigenvalue weighted by Gasteiger charge is 2.33. The molecule has 1 aromatic carbocycles. The van der Waals surface area contributed by atoms with Gasteiger partial charge in [0.25, 0.3) is 11.8 Å². The average molecular weight is 453 g/mol. The Labute approximate surface area is 177 Å². The van der Waals surface area contributed by atoms with Crippen LogP contribution in [0.25, 0.3) is 0 Å². The van der Waals surface area contributed by atoms with Gasteiger partial charge in [0.05, 0.1) is 5.56 Å². The molecular formula is C17H14F3N7O3S. The van der Waals surface area contributed by atoms with Crippen LogP contribution in [0.5, 0.6) is 5.75 Å². The van der Waals surface area contributed by atoms with Crippen molar-refractivity contribution in [2.45, 2.75) is 6.36 Å². The Kier molecular flexibility index (Phi) is 6.29. The Morgan fingerprint density at radius 3 is 2.52 bits per heavy atom. The molecule has 0 saturated carbocycles. The quantitative estimate of drug-likeness (QED) is 0.584. The highest BCUT2D eigenvalue weighted by Crippen LogP contribution is 2.27. The zero-order valence-electron chi connectivity index (χ0n) is 16.0. The number of benzene rings is 1. The second kappa shape index (κ2) is 8.91. The number of nitrogens with one attached hydrogen (secondary N) is 2. The molecule has 0 bridgehead atoms. The van der Waals surface area contributed by atoms with Crippen LogP contribution in [-0.4, -0.2) is 52.2 Å². The van der Waals surface area contributed by atoms with Crippen LogP contribution in [-0.2, 0) is 0 Å². The van der Waals surface area contributed by atoms with E-state index in [9.17, 15) is 22.8 Å². The first-order valence-electron chi connectivity index (χ1n) is 8.42. The summed E-state index contributed by atoms with van der Waals surface area (Å²) in [5.74, 6) is -1.85. The van der Waals surface area contributed by atoms with E-state index in [2.05, 4.69) is 35.3 Å². The molecule has 0 aliphatic carbocycles. The second-order valence-corrected chi connectivity index (χ2v) is 6.85. The molecule has 14 heteroatoms. The van der Waals surface area contributed by atoms with Gasteiger partial charge in [0.15, 0.2) is 5.13 Å². The third-order valence-corrected chi connectivity index (χ3v) is 4.26. The summed E-state index contributed by atoms with van der Waals surface area (Å²) in [5, 5.41) is 6.15. The largest absolute Gasteiger partial charge is 0.573 e. The van der Waals surface area contributed by atoms with Crippen molar-refractivity contribution in [3.05, 3.63) is 47.2 Å². The standard InChI is InChI=1S/C17H14F3N7O3S/c1-27(2)15-22-8-21-14(26-15)24-13(29)10-7-31-16(23-10)25-12(28)9-5-3-4-6-11(9)30-17(18,19)20/h3-8H,1-2H3,(H,23,25,28)(H,21,22,24,26,29). The van der Waals surface area contributed by atoms with Crippen LogP contribution in [0.2, 0.25) is 0 Å². The van der Waals surface area contributed by atoms with E-state index in [1.54, 1.807) is 19.0 Å². The molecule has 3 aromatic rings. The number of ether oxygens (including phenoxy) is 1. The summed E-state index contributed by atoms with van der Waals surface area (Å²) in [6.07, 6.45) is -3.73. The molecule has 2 N–H and O–H groups in total. The maximum absolute atomic E-state index is 12.5. The Balaban J connectivity index is 1.70. The Morgan fingerprint density at radius 2 is 1.81 bits per heavy atom. The smallest absolute Gasteiger partial charge is 0.405 e. The minimum atomic E-state index is -4.95. The minimum Gasteiger partial charge on any atom is -0.405 e. The SMILES string of the molecule is CN(C)c1ncnc(NC(=O)c2csc(NC(=O)c3ccccc3OC(F)(F)F)n2)n1. The van der Waals surface area contributed by atoms with Crippen molar-refractivity contribution >= 4 is 40.2 Å². The van der Waals surface area contributed by atoms with E-state index in [4.69, 9.17) is 0 Å². The fraction of sp³-hybridized carbons (Fsp3) is 0.176. The van der Waals surface area contributed by atoms with Crippen molar-refractivity contribution in [3.63, 3.8) is 0 Å². The molecule has 0 spiro atoms. The third kappa shape index (κ3) is 5.85. The molecule has 0 unspecified atom stereocenters. The fourth-order valence-electron chi connectivity index (χ4n) is 2.20. The third-order valence-electron chi connectivity index (χ3n) is 3.50. The van der Waals surface area contributed by atoms with Crippen LogP contribution in [0.1, 0.15) is 20.8 Å². The lowest BCUT2D eigenvalue weighted by molar-refractivity contribution is -0.274. The van der Waals surface area contributed by atoms with E-state index in [0.29, 0.717) is 5.95 Å². The number of thiazole rings is 1. The van der Waals surface area contributed by atoms with Gasteiger partial charge >= 0.3 is 6.36 Å². The van der Waals surface area contributed by atoms with Crippen LogP contribution < -0.4 is 20.3 Å². The van der Waals surface area contributed by atoms with Crippen LogP contribution in [0.15, 0.2) is 36.0 Å². The van der Waals surface area contributed by atoms with E-state index in [0.717, 1.165) is 17.4 Å². The predicted octanol–water partition coefficient (Wildman–Crippen LogP) is 2.80. The molecule has 2 aromatic heterocycles. The van der Waals surface area contributed by atoms with Crippen molar-refractivity contribution in [2.24, 2.45) is 0 Å². The van der Waals surface area contributed by atoms with Crippen molar-refractivity contribution in [1.29, 1.82) is 0 Å². The Bertz CT molecular complexity index is 1100. The number of nitrogens with zero attached hydrogens (tertiary/aromatic N) is 5. The Hall–Kier alpha value is -3.81. The number of hydrogen-bond donors (Lipinski definition) is 2. The lowest BCUT2D eigenvalue weighted by Gasteiger charge is -2.12. The summed E-state index contributed by atoms with van der Waals surface area (Å²) in [4.78, 5) is 42.1. The number of alkyl halides is 3. The predicted molar refractivity (Wildman–Crippen MR) is 105 cm³/mol. The topological polar surface area (TPSA) is 122 Å². The lowest BCUT2D eigenvalue weighted by Crippen LogP contribution is -2.21. The summed E-state index contributed by atoms with van der Waals surface area (Å²) in [5.41, 5.74) is -0.394. The summed E-state index contributed by atoms with van der Waals surface area (Å²) in [6, 6.07) is 4.86. The molecule has 2 heterocycles. The van der Waals surface area contributed by atoms with Gasteiger partial charge in [0.2, 0.25) is 11.9 Å². The van der Waals surface area contributed by atoms with Gasteiger partial charge in [-0.3, -0.25) is 20.2 Å². The first kappa shape index (κ1) is 21.9. The zero-order valence-corrected chi connectivity index (χ0v) is 16.8. The number of rotatable bonds is 6. The summed E-state index contributed by atoms with van der Waals surface area (Å²) < 4.78 is 41.4. The highest BCUT2D eigenvalue weighted by atomic mass is 32.1. The number of para-hydroxylation sites is 1. The van der Waals surface area contributed by atoms with Gasteiger partial charge in [0.1, 0.15) is 17.8 Å².